The number of carboxylic acid groups (broad SMARTS) is 1. The van der Waals surface area contributed by atoms with Crippen molar-refractivity contribution in [1.82, 2.24) is 5.32 Å². The lowest BCUT2D eigenvalue weighted by Gasteiger charge is -2.12. The maximum absolute atomic E-state index is 10.7. The molecule has 1 amide bonds. The molecule has 1 aliphatic heterocycles. The molecule has 0 aromatic heterocycles. The largest absolute Gasteiger partial charge is 0.479 e. The average molecular weight is 187 g/mol. The van der Waals surface area contributed by atoms with E-state index in [1.165, 1.54) is 6.92 Å². The van der Waals surface area contributed by atoms with Crippen LogP contribution >= 0.6 is 0 Å². The molecular formula is C8H13NO4. The molecule has 0 aromatic rings. The third kappa shape index (κ3) is 3.02. The second-order valence-electron chi connectivity index (χ2n) is 3.12. The quantitative estimate of drug-likeness (QED) is 0.636. The molecule has 74 valence electrons. The number of aliphatic carboxylic acids is 1. The summed E-state index contributed by atoms with van der Waals surface area (Å²) in [5.41, 5.74) is 0. The van der Waals surface area contributed by atoms with E-state index in [1.807, 2.05) is 0 Å². The Hall–Kier alpha value is -1.10. The Morgan fingerprint density at radius 3 is 3.00 bits per heavy atom. The molecule has 13 heavy (non-hydrogen) atoms. The zero-order chi connectivity index (χ0) is 9.84. The van der Waals surface area contributed by atoms with Gasteiger partial charge in [0.1, 0.15) is 0 Å². The summed E-state index contributed by atoms with van der Waals surface area (Å²) >= 11 is 0. The number of carbonyl (C=O) groups is 2. The van der Waals surface area contributed by atoms with Gasteiger partial charge in [0, 0.05) is 6.42 Å². The van der Waals surface area contributed by atoms with Crippen molar-refractivity contribution >= 4 is 11.9 Å². The normalized spacial score (nSPS) is 24.1. The molecule has 1 unspecified atom stereocenters. The number of hydrogen-bond acceptors (Lipinski definition) is 3. The number of nitrogens with one attached hydrogen (secondary N) is 1. The molecule has 0 saturated carbocycles. The molecule has 0 aliphatic carbocycles. The topological polar surface area (TPSA) is 75.6 Å². The molecule has 1 fully saturated rings. The Balaban J connectivity index is 2.19. The van der Waals surface area contributed by atoms with Gasteiger partial charge in [-0.15, -0.1) is 0 Å². The van der Waals surface area contributed by atoms with E-state index >= 15 is 0 Å². The van der Waals surface area contributed by atoms with Crippen molar-refractivity contribution in [2.24, 2.45) is 0 Å². The van der Waals surface area contributed by atoms with Crippen LogP contribution in [0.2, 0.25) is 0 Å². The van der Waals surface area contributed by atoms with Crippen molar-refractivity contribution in [2.45, 2.75) is 31.9 Å². The summed E-state index contributed by atoms with van der Waals surface area (Å²) in [4.78, 5) is 21.1. The van der Waals surface area contributed by atoms with Gasteiger partial charge in [0.2, 0.25) is 5.91 Å². The van der Waals surface area contributed by atoms with Gasteiger partial charge in [0.05, 0.1) is 12.6 Å². The van der Waals surface area contributed by atoms with Crippen molar-refractivity contribution in [1.29, 1.82) is 0 Å². The Kier molecular flexibility index (Phi) is 3.25. The zero-order valence-corrected chi connectivity index (χ0v) is 7.45. The first-order valence-electron chi connectivity index (χ1n) is 4.23. The van der Waals surface area contributed by atoms with Gasteiger partial charge in [-0.1, -0.05) is 0 Å². The fourth-order valence-electron chi connectivity index (χ4n) is 1.13. The second kappa shape index (κ2) is 4.23. The highest BCUT2D eigenvalue weighted by atomic mass is 16.5. The van der Waals surface area contributed by atoms with E-state index in [0.717, 1.165) is 6.42 Å². The lowest BCUT2D eigenvalue weighted by Crippen LogP contribution is -2.32. The van der Waals surface area contributed by atoms with Crippen LogP contribution in [0.15, 0.2) is 0 Å². The molecule has 0 bridgehead atoms. The van der Waals surface area contributed by atoms with Crippen molar-refractivity contribution in [3.05, 3.63) is 0 Å². The highest BCUT2D eigenvalue weighted by Crippen LogP contribution is 2.07. The maximum atomic E-state index is 10.7. The first-order valence-corrected chi connectivity index (χ1v) is 4.23. The highest BCUT2D eigenvalue weighted by molar-refractivity contribution is 5.78. The number of hydrogen-bond donors (Lipinski definition) is 2. The number of ether oxygens (including phenoxy) is 1. The van der Waals surface area contributed by atoms with Crippen LogP contribution in [0.1, 0.15) is 19.8 Å². The van der Waals surface area contributed by atoms with Crippen molar-refractivity contribution in [2.75, 3.05) is 6.61 Å². The Morgan fingerprint density at radius 2 is 2.54 bits per heavy atom. The molecule has 0 spiro atoms. The van der Waals surface area contributed by atoms with Crippen LogP contribution < -0.4 is 5.32 Å². The number of carboxylic acids is 1. The van der Waals surface area contributed by atoms with Crippen molar-refractivity contribution in [3.8, 4) is 0 Å². The van der Waals surface area contributed by atoms with Gasteiger partial charge in [0.15, 0.2) is 6.10 Å². The minimum Gasteiger partial charge on any atom is -0.479 e. The minimum atomic E-state index is -0.982. The lowest BCUT2D eigenvalue weighted by atomic mass is 10.2. The molecule has 1 aliphatic rings. The fourth-order valence-corrected chi connectivity index (χ4v) is 1.13. The van der Waals surface area contributed by atoms with E-state index in [1.54, 1.807) is 0 Å². The molecule has 5 nitrogen and oxygen atoms in total. The lowest BCUT2D eigenvalue weighted by molar-refractivity contribution is -0.149. The summed E-state index contributed by atoms with van der Waals surface area (Å²) in [6.45, 7) is 1.75. The molecule has 1 heterocycles. The standard InChI is InChI=1S/C8H13NO4/c1-5(8(11)12)13-4-6-2-3-7(10)9-6/h5-6H,2-4H2,1H3,(H,9,10)(H,11,12)/t5-,6?/m1/s1. The van der Waals surface area contributed by atoms with E-state index < -0.39 is 12.1 Å². The van der Waals surface area contributed by atoms with Crippen molar-refractivity contribution in [3.63, 3.8) is 0 Å². The van der Waals surface area contributed by atoms with Crippen LogP contribution in [0, 0.1) is 0 Å². The minimum absolute atomic E-state index is 0.0107. The predicted octanol–water partition coefficient (Wildman–Crippen LogP) is -0.245. The van der Waals surface area contributed by atoms with E-state index in [4.69, 9.17) is 9.84 Å². The van der Waals surface area contributed by atoms with Crippen LogP contribution in [0.3, 0.4) is 0 Å². The SMILES string of the molecule is C[C@@H](OCC1CCC(=O)N1)C(=O)O. The van der Waals surface area contributed by atoms with Crippen LogP contribution in [-0.2, 0) is 14.3 Å². The van der Waals surface area contributed by atoms with Gasteiger partial charge in [0.25, 0.3) is 0 Å². The Morgan fingerprint density at radius 1 is 1.85 bits per heavy atom. The van der Waals surface area contributed by atoms with Gasteiger partial charge < -0.3 is 15.2 Å². The summed E-state index contributed by atoms with van der Waals surface area (Å²) in [5.74, 6) is -0.971. The molecular weight excluding hydrogens is 174 g/mol. The van der Waals surface area contributed by atoms with Gasteiger partial charge in [-0.2, -0.15) is 0 Å². The summed E-state index contributed by atoms with van der Waals surface area (Å²) in [6.07, 6.45) is 0.429. The number of amides is 1. The Labute approximate surface area is 76.1 Å². The number of rotatable bonds is 4. The third-order valence-electron chi connectivity index (χ3n) is 1.98. The molecule has 0 aromatic carbocycles. The number of carbonyl (C=O) groups excluding carboxylic acids is 1. The molecule has 0 radical (unpaired) electrons. The molecule has 5 heteroatoms. The molecule has 1 saturated heterocycles. The maximum Gasteiger partial charge on any atom is 0.332 e. The average Bonchev–Trinajstić information content (AvgIpc) is 2.47. The van der Waals surface area contributed by atoms with E-state index in [-0.39, 0.29) is 18.6 Å². The zero-order valence-electron chi connectivity index (χ0n) is 7.45. The first kappa shape index (κ1) is 9.98. The third-order valence-corrected chi connectivity index (χ3v) is 1.98. The smallest absolute Gasteiger partial charge is 0.332 e. The van der Waals surface area contributed by atoms with Gasteiger partial charge in [-0.25, -0.2) is 4.79 Å². The monoisotopic (exact) mass is 187 g/mol. The van der Waals surface area contributed by atoms with Crippen LogP contribution in [0.25, 0.3) is 0 Å². The Bertz CT molecular complexity index is 216. The van der Waals surface area contributed by atoms with Crippen LogP contribution in [0.5, 0.6) is 0 Å². The van der Waals surface area contributed by atoms with Crippen molar-refractivity contribution < 1.29 is 19.4 Å². The highest BCUT2D eigenvalue weighted by Gasteiger charge is 2.22. The van der Waals surface area contributed by atoms with Gasteiger partial charge >= 0.3 is 5.97 Å². The first-order chi connectivity index (χ1) is 6.09. The van der Waals surface area contributed by atoms with E-state index in [0.29, 0.717) is 6.42 Å². The second-order valence-corrected chi connectivity index (χ2v) is 3.12. The summed E-state index contributed by atoms with van der Waals surface area (Å²) < 4.78 is 5.02. The summed E-state index contributed by atoms with van der Waals surface area (Å²) in [5, 5.41) is 11.2. The summed E-state index contributed by atoms with van der Waals surface area (Å²) in [6, 6.07) is -0.0192. The van der Waals surface area contributed by atoms with E-state index in [2.05, 4.69) is 5.32 Å². The predicted molar refractivity (Wildman–Crippen MR) is 44.2 cm³/mol. The van der Waals surface area contributed by atoms with Crippen LogP contribution in [-0.4, -0.2) is 35.7 Å². The summed E-state index contributed by atoms with van der Waals surface area (Å²) in [7, 11) is 0. The van der Waals surface area contributed by atoms with E-state index in [9.17, 15) is 9.59 Å². The van der Waals surface area contributed by atoms with Crippen LogP contribution in [0.4, 0.5) is 0 Å². The molecule has 2 N–H and O–H groups in total. The molecule has 1 rings (SSSR count). The van der Waals surface area contributed by atoms with Gasteiger partial charge in [-0.3, -0.25) is 4.79 Å². The fraction of sp³-hybridized carbons (Fsp3) is 0.750. The molecule has 2 atom stereocenters. The van der Waals surface area contributed by atoms with Gasteiger partial charge in [-0.05, 0) is 13.3 Å².